The van der Waals surface area contributed by atoms with Gasteiger partial charge in [0.15, 0.2) is 0 Å². The van der Waals surface area contributed by atoms with E-state index in [2.05, 4.69) is 16.0 Å². The molecule has 0 aliphatic rings. The molecule has 3 rings (SSSR count). The van der Waals surface area contributed by atoms with Gasteiger partial charge in [-0.15, -0.1) is 0 Å². The molecule has 1 heterocycles. The number of non-ortho nitro benzene ring substituents is 1. The van der Waals surface area contributed by atoms with Gasteiger partial charge >= 0.3 is 0 Å². The molecule has 0 saturated heterocycles. The van der Waals surface area contributed by atoms with Crippen LogP contribution in [0.4, 0.5) is 5.69 Å². The summed E-state index contributed by atoms with van der Waals surface area (Å²) in [7, 11) is 0. The summed E-state index contributed by atoms with van der Waals surface area (Å²) in [6.45, 7) is 3.70. The van der Waals surface area contributed by atoms with Gasteiger partial charge in [-0.05, 0) is 38.1 Å². The number of benzene rings is 2. The lowest BCUT2D eigenvalue weighted by Gasteiger charge is -2.08. The molecule has 0 aliphatic heterocycles. The van der Waals surface area contributed by atoms with Crippen LogP contribution >= 0.6 is 0 Å². The zero-order valence-electron chi connectivity index (χ0n) is 15.9. The molecule has 1 aromatic heterocycles. The molecule has 0 saturated carbocycles. The third-order valence-electron chi connectivity index (χ3n) is 4.44. The number of aromatic nitrogens is 2. The Hall–Kier alpha value is -4.01. The molecule has 29 heavy (non-hydrogen) atoms. The summed E-state index contributed by atoms with van der Waals surface area (Å²) in [6.07, 6.45) is 0.0467. The number of hydrazine groups is 1. The Morgan fingerprint density at radius 2 is 1.69 bits per heavy atom. The van der Waals surface area contributed by atoms with E-state index in [1.165, 1.54) is 24.3 Å². The maximum absolute atomic E-state index is 12.3. The van der Waals surface area contributed by atoms with Crippen molar-refractivity contribution in [1.29, 1.82) is 0 Å². The van der Waals surface area contributed by atoms with Crippen LogP contribution in [0.2, 0.25) is 0 Å². The van der Waals surface area contributed by atoms with Gasteiger partial charge in [-0.3, -0.25) is 30.6 Å². The summed E-state index contributed by atoms with van der Waals surface area (Å²) < 4.78 is 1.77. The number of hydrogen-bond acceptors (Lipinski definition) is 5. The molecule has 2 amide bonds. The number of nitro groups is 1. The van der Waals surface area contributed by atoms with E-state index in [1.807, 2.05) is 44.2 Å². The number of carbonyl (C=O) groups excluding carboxylic acids is 2. The molecule has 2 N–H and O–H groups in total. The van der Waals surface area contributed by atoms with Gasteiger partial charge in [0.2, 0.25) is 5.91 Å². The Balaban J connectivity index is 1.63. The Labute approximate surface area is 166 Å². The first-order chi connectivity index (χ1) is 13.9. The molecule has 0 spiro atoms. The highest BCUT2D eigenvalue weighted by molar-refractivity contribution is 5.95. The van der Waals surface area contributed by atoms with Gasteiger partial charge in [0.1, 0.15) is 0 Å². The molecular formula is C20H19N5O4. The molecule has 3 aromatic rings. The topological polar surface area (TPSA) is 119 Å². The van der Waals surface area contributed by atoms with Gasteiger partial charge in [0.05, 0.1) is 22.7 Å². The molecule has 148 valence electrons. The molecule has 0 bridgehead atoms. The summed E-state index contributed by atoms with van der Waals surface area (Å²) in [5.74, 6) is -0.972. The Morgan fingerprint density at radius 1 is 1.03 bits per heavy atom. The molecule has 9 heteroatoms. The highest BCUT2D eigenvalue weighted by Gasteiger charge is 2.17. The number of nitrogens with one attached hydrogen (secondary N) is 2. The van der Waals surface area contributed by atoms with Crippen LogP contribution < -0.4 is 10.9 Å². The van der Waals surface area contributed by atoms with Crippen LogP contribution in [0.15, 0.2) is 54.6 Å². The Morgan fingerprint density at radius 3 is 2.31 bits per heavy atom. The van der Waals surface area contributed by atoms with Crippen LogP contribution in [0.3, 0.4) is 0 Å². The number of nitrogens with zero attached hydrogens (tertiary/aromatic N) is 3. The first-order valence-electron chi connectivity index (χ1n) is 8.81. The fourth-order valence-corrected chi connectivity index (χ4v) is 2.89. The predicted octanol–water partition coefficient (Wildman–Crippen LogP) is 2.40. The van der Waals surface area contributed by atoms with Crippen LogP contribution in [-0.2, 0) is 11.2 Å². The third-order valence-corrected chi connectivity index (χ3v) is 4.44. The highest BCUT2D eigenvalue weighted by Crippen LogP contribution is 2.18. The first-order valence-corrected chi connectivity index (χ1v) is 8.81. The number of hydrogen-bond donors (Lipinski definition) is 2. The molecule has 0 unspecified atom stereocenters. The van der Waals surface area contributed by atoms with Crippen LogP contribution in [0.25, 0.3) is 5.69 Å². The third kappa shape index (κ3) is 4.46. The van der Waals surface area contributed by atoms with Gasteiger partial charge in [0.25, 0.3) is 11.6 Å². The van der Waals surface area contributed by atoms with Crippen molar-refractivity contribution in [2.75, 3.05) is 0 Å². The van der Waals surface area contributed by atoms with Crippen molar-refractivity contribution in [3.8, 4) is 5.69 Å². The molecule has 0 atom stereocenters. The van der Waals surface area contributed by atoms with Crippen molar-refractivity contribution in [2.24, 2.45) is 0 Å². The molecule has 0 aliphatic carbocycles. The van der Waals surface area contributed by atoms with Crippen molar-refractivity contribution in [3.63, 3.8) is 0 Å². The molecule has 9 nitrogen and oxygen atoms in total. The molecule has 2 aromatic carbocycles. The minimum Gasteiger partial charge on any atom is -0.273 e. The standard InChI is InChI=1S/C20H19N5O4/c1-13-18(14(2)24(23-13)16-6-4-3-5-7-16)12-19(26)21-22-20(27)15-8-10-17(11-9-15)25(28)29/h3-11H,12H2,1-2H3,(H,21,26)(H,22,27). The minimum atomic E-state index is -0.568. The van der Waals surface area contributed by atoms with E-state index in [-0.39, 0.29) is 17.7 Å². The predicted molar refractivity (Wildman–Crippen MR) is 105 cm³/mol. The second-order valence-electron chi connectivity index (χ2n) is 6.38. The van der Waals surface area contributed by atoms with Crippen molar-refractivity contribution in [1.82, 2.24) is 20.6 Å². The van der Waals surface area contributed by atoms with Crippen molar-refractivity contribution >= 4 is 17.5 Å². The van der Waals surface area contributed by atoms with Gasteiger partial charge in [-0.25, -0.2) is 4.68 Å². The highest BCUT2D eigenvalue weighted by atomic mass is 16.6. The number of amides is 2. The average Bonchev–Trinajstić information content (AvgIpc) is 3.01. The lowest BCUT2D eigenvalue weighted by Crippen LogP contribution is -2.42. The SMILES string of the molecule is Cc1nn(-c2ccccc2)c(C)c1CC(=O)NNC(=O)c1ccc([N+](=O)[O-])cc1. The number of para-hydroxylation sites is 1. The van der Waals surface area contributed by atoms with Gasteiger partial charge in [-0.2, -0.15) is 5.10 Å². The summed E-state index contributed by atoms with van der Waals surface area (Å²) in [6, 6.07) is 14.7. The van der Waals surface area contributed by atoms with E-state index in [0.29, 0.717) is 0 Å². The Kier molecular flexibility index (Phi) is 5.68. The first kappa shape index (κ1) is 19.7. The van der Waals surface area contributed by atoms with E-state index in [1.54, 1.807) is 4.68 Å². The van der Waals surface area contributed by atoms with E-state index >= 15 is 0 Å². The second kappa shape index (κ2) is 8.34. The van der Waals surface area contributed by atoms with E-state index in [4.69, 9.17) is 0 Å². The molecule has 0 fully saturated rings. The number of rotatable bonds is 5. The van der Waals surface area contributed by atoms with E-state index in [0.717, 1.165) is 22.6 Å². The van der Waals surface area contributed by atoms with Crippen molar-refractivity contribution in [2.45, 2.75) is 20.3 Å². The summed E-state index contributed by atoms with van der Waals surface area (Å²) in [5, 5.41) is 15.2. The molecular weight excluding hydrogens is 374 g/mol. The number of carbonyl (C=O) groups is 2. The van der Waals surface area contributed by atoms with Gasteiger partial charge < -0.3 is 0 Å². The van der Waals surface area contributed by atoms with Gasteiger partial charge in [0, 0.05) is 29.0 Å². The Bertz CT molecular complexity index is 1060. The van der Waals surface area contributed by atoms with E-state index in [9.17, 15) is 19.7 Å². The fourth-order valence-electron chi connectivity index (χ4n) is 2.89. The summed E-state index contributed by atoms with van der Waals surface area (Å²) in [5.41, 5.74) is 7.98. The normalized spacial score (nSPS) is 10.4. The van der Waals surface area contributed by atoms with Crippen LogP contribution in [0, 0.1) is 24.0 Å². The summed E-state index contributed by atoms with van der Waals surface area (Å²) >= 11 is 0. The maximum atomic E-state index is 12.3. The number of aryl methyl sites for hydroxylation is 1. The van der Waals surface area contributed by atoms with Crippen LogP contribution in [0.5, 0.6) is 0 Å². The van der Waals surface area contributed by atoms with Crippen LogP contribution in [-0.4, -0.2) is 26.5 Å². The zero-order valence-corrected chi connectivity index (χ0v) is 15.9. The largest absolute Gasteiger partial charge is 0.273 e. The average molecular weight is 393 g/mol. The fraction of sp³-hybridized carbons (Fsp3) is 0.150. The lowest BCUT2D eigenvalue weighted by atomic mass is 10.1. The quantitative estimate of drug-likeness (QED) is 0.510. The summed E-state index contributed by atoms with van der Waals surface area (Å²) in [4.78, 5) is 34.5. The lowest BCUT2D eigenvalue weighted by molar-refractivity contribution is -0.384. The number of nitro benzene ring substituents is 1. The monoisotopic (exact) mass is 393 g/mol. The smallest absolute Gasteiger partial charge is 0.269 e. The van der Waals surface area contributed by atoms with Crippen LogP contribution in [0.1, 0.15) is 27.3 Å². The zero-order chi connectivity index (χ0) is 21.0. The minimum absolute atomic E-state index is 0.0467. The van der Waals surface area contributed by atoms with Crippen molar-refractivity contribution < 1.29 is 14.5 Å². The second-order valence-corrected chi connectivity index (χ2v) is 6.38. The maximum Gasteiger partial charge on any atom is 0.269 e. The van der Waals surface area contributed by atoms with Crippen molar-refractivity contribution in [3.05, 3.63) is 87.2 Å². The van der Waals surface area contributed by atoms with Gasteiger partial charge in [-0.1, -0.05) is 18.2 Å². The molecule has 0 radical (unpaired) electrons. The van der Waals surface area contributed by atoms with E-state index < -0.39 is 16.7 Å².